The lowest BCUT2D eigenvalue weighted by Gasteiger charge is -2.20. The van der Waals surface area contributed by atoms with Crippen LogP contribution in [0.3, 0.4) is 0 Å². The van der Waals surface area contributed by atoms with Crippen LogP contribution in [0.4, 0.5) is 5.69 Å². The predicted octanol–water partition coefficient (Wildman–Crippen LogP) is 5.40. The summed E-state index contributed by atoms with van der Waals surface area (Å²) >= 11 is 7.46. The quantitative estimate of drug-likeness (QED) is 0.423. The lowest BCUT2D eigenvalue weighted by Crippen LogP contribution is -2.21. The number of rotatable bonds is 9. The molecule has 32 heavy (non-hydrogen) atoms. The highest BCUT2D eigenvalue weighted by atomic mass is 35.5. The lowest BCUT2D eigenvalue weighted by atomic mass is 10.0. The largest absolute Gasteiger partial charge is 0.325 e. The van der Waals surface area contributed by atoms with Gasteiger partial charge in [0.25, 0.3) is 0 Å². The van der Waals surface area contributed by atoms with Gasteiger partial charge in [-0.05, 0) is 69.3 Å². The molecule has 1 N–H and O–H groups in total. The first-order valence-electron chi connectivity index (χ1n) is 10.8. The van der Waals surface area contributed by atoms with E-state index in [1.165, 1.54) is 11.8 Å². The Hall–Kier alpha value is -2.35. The summed E-state index contributed by atoms with van der Waals surface area (Å²) in [5.74, 6) is 0.992. The van der Waals surface area contributed by atoms with E-state index in [-0.39, 0.29) is 17.7 Å². The Labute approximate surface area is 199 Å². The number of aryl methyl sites for hydroxylation is 2. The zero-order valence-electron chi connectivity index (χ0n) is 19.2. The zero-order chi connectivity index (χ0) is 23.3. The molecule has 1 aromatic heterocycles. The molecule has 8 heteroatoms. The summed E-state index contributed by atoms with van der Waals surface area (Å²) in [7, 11) is 4.00. The van der Waals surface area contributed by atoms with Crippen molar-refractivity contribution in [1.29, 1.82) is 0 Å². The van der Waals surface area contributed by atoms with E-state index in [1.807, 2.05) is 49.0 Å². The maximum atomic E-state index is 12.8. The van der Waals surface area contributed by atoms with E-state index in [0.29, 0.717) is 10.2 Å². The normalized spacial score (nSPS) is 12.2. The Kier molecular flexibility index (Phi) is 8.34. The van der Waals surface area contributed by atoms with Gasteiger partial charge in [0.15, 0.2) is 11.0 Å². The molecule has 0 saturated carbocycles. The topological polar surface area (TPSA) is 63.1 Å². The zero-order valence-corrected chi connectivity index (χ0v) is 20.8. The van der Waals surface area contributed by atoms with Crippen molar-refractivity contribution in [3.05, 3.63) is 64.4 Å². The fraction of sp³-hybridized carbons (Fsp3) is 0.375. The number of nitrogens with zero attached hydrogens (tertiary/aromatic N) is 4. The summed E-state index contributed by atoms with van der Waals surface area (Å²) in [6, 6.07) is 13.8. The number of benzene rings is 2. The third-order valence-corrected chi connectivity index (χ3v) is 6.67. The third-order valence-electron chi connectivity index (χ3n) is 5.49. The van der Waals surface area contributed by atoms with Crippen molar-refractivity contribution in [1.82, 2.24) is 19.7 Å². The monoisotopic (exact) mass is 471 g/mol. The highest BCUT2D eigenvalue weighted by molar-refractivity contribution is 7.99. The van der Waals surface area contributed by atoms with Crippen LogP contribution in [0.5, 0.6) is 0 Å². The molecule has 3 rings (SSSR count). The van der Waals surface area contributed by atoms with Gasteiger partial charge in [0.2, 0.25) is 5.91 Å². The second-order valence-corrected chi connectivity index (χ2v) is 9.17. The molecule has 0 spiro atoms. The van der Waals surface area contributed by atoms with Crippen molar-refractivity contribution in [3.8, 4) is 5.69 Å². The molecular formula is C24H30ClN5OS. The molecule has 3 aromatic rings. The predicted molar refractivity (Wildman–Crippen MR) is 133 cm³/mol. The van der Waals surface area contributed by atoms with E-state index in [9.17, 15) is 4.79 Å². The molecule has 2 aromatic carbocycles. The first kappa shape index (κ1) is 24.3. The summed E-state index contributed by atoms with van der Waals surface area (Å²) < 4.78 is 2.00. The minimum atomic E-state index is -0.0570. The summed E-state index contributed by atoms with van der Waals surface area (Å²) in [5, 5.41) is 13.3. The molecule has 1 heterocycles. The highest BCUT2D eigenvalue weighted by Crippen LogP contribution is 2.28. The molecule has 1 amide bonds. The molecule has 0 aliphatic rings. The Morgan fingerprint density at radius 3 is 2.28 bits per heavy atom. The number of hydrogen-bond donors (Lipinski definition) is 1. The van der Waals surface area contributed by atoms with Crippen LogP contribution >= 0.6 is 23.4 Å². The van der Waals surface area contributed by atoms with Gasteiger partial charge in [0.1, 0.15) is 0 Å². The Morgan fingerprint density at radius 1 is 1.09 bits per heavy atom. The van der Waals surface area contributed by atoms with Crippen LogP contribution in [0, 0.1) is 0 Å². The van der Waals surface area contributed by atoms with Crippen molar-refractivity contribution in [2.45, 2.75) is 44.8 Å². The van der Waals surface area contributed by atoms with Gasteiger partial charge in [-0.3, -0.25) is 14.3 Å². The standard InChI is InChI=1S/C24H30ClN5OS/c1-6-17-9-8-10-18(7-2)22(17)26-21(31)15-32-24-28-27-23(16(3)29(4)5)30(24)20-13-11-19(25)12-14-20/h8-14,16H,6-7,15H2,1-5H3,(H,26,31). The number of hydrogen-bond acceptors (Lipinski definition) is 5. The highest BCUT2D eigenvalue weighted by Gasteiger charge is 2.22. The minimum Gasteiger partial charge on any atom is -0.325 e. The van der Waals surface area contributed by atoms with E-state index >= 15 is 0 Å². The number of amides is 1. The van der Waals surface area contributed by atoms with E-state index < -0.39 is 0 Å². The molecule has 0 radical (unpaired) electrons. The van der Waals surface area contributed by atoms with Gasteiger partial charge < -0.3 is 5.32 Å². The van der Waals surface area contributed by atoms with Gasteiger partial charge in [-0.15, -0.1) is 10.2 Å². The van der Waals surface area contributed by atoms with Gasteiger partial charge >= 0.3 is 0 Å². The SMILES string of the molecule is CCc1cccc(CC)c1NC(=O)CSc1nnc(C(C)N(C)C)n1-c1ccc(Cl)cc1. The Bertz CT molecular complexity index is 1040. The molecular weight excluding hydrogens is 442 g/mol. The molecule has 0 bridgehead atoms. The molecule has 0 aliphatic carbocycles. The second kappa shape index (κ2) is 11.0. The number of aromatic nitrogens is 3. The third kappa shape index (κ3) is 5.52. The van der Waals surface area contributed by atoms with Gasteiger partial charge in [-0.25, -0.2) is 0 Å². The van der Waals surface area contributed by atoms with Crippen molar-refractivity contribution < 1.29 is 4.79 Å². The van der Waals surface area contributed by atoms with Crippen molar-refractivity contribution in [2.24, 2.45) is 0 Å². The van der Waals surface area contributed by atoms with Crippen molar-refractivity contribution >= 4 is 35.0 Å². The molecule has 170 valence electrons. The first-order chi connectivity index (χ1) is 15.3. The van der Waals surface area contributed by atoms with Crippen LogP contribution in [-0.4, -0.2) is 45.4 Å². The van der Waals surface area contributed by atoms with Crippen LogP contribution in [-0.2, 0) is 17.6 Å². The van der Waals surface area contributed by atoms with E-state index in [2.05, 4.69) is 53.3 Å². The van der Waals surface area contributed by atoms with E-state index in [1.54, 1.807) is 0 Å². The summed E-state index contributed by atoms with van der Waals surface area (Å²) in [4.78, 5) is 14.9. The Morgan fingerprint density at radius 2 is 1.72 bits per heavy atom. The number of halogens is 1. The summed E-state index contributed by atoms with van der Waals surface area (Å²) in [6.07, 6.45) is 1.74. The maximum Gasteiger partial charge on any atom is 0.234 e. The number of carbonyl (C=O) groups excluding carboxylic acids is 1. The average molecular weight is 472 g/mol. The van der Waals surface area contributed by atoms with Crippen LogP contribution < -0.4 is 5.32 Å². The lowest BCUT2D eigenvalue weighted by molar-refractivity contribution is -0.113. The van der Waals surface area contributed by atoms with Gasteiger partial charge in [-0.1, -0.05) is 55.4 Å². The first-order valence-corrected chi connectivity index (χ1v) is 12.1. The molecule has 0 fully saturated rings. The van der Waals surface area contributed by atoms with Crippen LogP contribution in [0.2, 0.25) is 5.02 Å². The molecule has 1 atom stereocenters. The van der Waals surface area contributed by atoms with E-state index in [0.717, 1.165) is 41.2 Å². The number of thioether (sulfide) groups is 1. The van der Waals surface area contributed by atoms with Gasteiger partial charge in [0, 0.05) is 16.4 Å². The minimum absolute atomic E-state index is 0.0462. The average Bonchev–Trinajstić information content (AvgIpc) is 3.21. The van der Waals surface area contributed by atoms with Gasteiger partial charge in [0.05, 0.1) is 11.8 Å². The second-order valence-electron chi connectivity index (χ2n) is 7.79. The van der Waals surface area contributed by atoms with Crippen LogP contribution in [0.1, 0.15) is 43.8 Å². The summed E-state index contributed by atoms with van der Waals surface area (Å²) in [6.45, 7) is 6.27. The smallest absolute Gasteiger partial charge is 0.234 e. The fourth-order valence-corrected chi connectivity index (χ4v) is 4.30. The molecule has 0 saturated heterocycles. The number of para-hydroxylation sites is 1. The molecule has 1 unspecified atom stereocenters. The van der Waals surface area contributed by atoms with Crippen molar-refractivity contribution in [2.75, 3.05) is 25.2 Å². The van der Waals surface area contributed by atoms with Gasteiger partial charge in [-0.2, -0.15) is 0 Å². The molecule has 6 nitrogen and oxygen atoms in total. The van der Waals surface area contributed by atoms with Crippen LogP contribution in [0.25, 0.3) is 5.69 Å². The summed E-state index contributed by atoms with van der Waals surface area (Å²) in [5.41, 5.74) is 4.14. The van der Waals surface area contributed by atoms with E-state index in [4.69, 9.17) is 11.6 Å². The van der Waals surface area contributed by atoms with Crippen LogP contribution in [0.15, 0.2) is 47.6 Å². The number of carbonyl (C=O) groups is 1. The maximum absolute atomic E-state index is 12.8. The number of anilines is 1. The Balaban J connectivity index is 1.84. The fourth-order valence-electron chi connectivity index (χ4n) is 3.42. The number of nitrogens with one attached hydrogen (secondary N) is 1. The van der Waals surface area contributed by atoms with Crippen molar-refractivity contribution in [3.63, 3.8) is 0 Å². The molecule has 0 aliphatic heterocycles.